The van der Waals surface area contributed by atoms with Gasteiger partial charge in [0, 0.05) is 37.2 Å². The zero-order valence-corrected chi connectivity index (χ0v) is 22.2. The fourth-order valence-electron chi connectivity index (χ4n) is 4.98. The molecule has 192 valence electrons. The van der Waals surface area contributed by atoms with E-state index in [1.165, 1.54) is 7.11 Å². The van der Waals surface area contributed by atoms with Gasteiger partial charge >= 0.3 is 12.1 Å². The minimum atomic E-state index is -4.30. The summed E-state index contributed by atoms with van der Waals surface area (Å²) >= 11 is 3.53. The summed E-state index contributed by atoms with van der Waals surface area (Å²) in [5.41, 5.74) is 0.539. The van der Waals surface area contributed by atoms with Gasteiger partial charge in [0.05, 0.1) is 18.1 Å². The van der Waals surface area contributed by atoms with E-state index in [4.69, 9.17) is 4.74 Å². The van der Waals surface area contributed by atoms with Crippen molar-refractivity contribution in [2.24, 2.45) is 5.92 Å². The third kappa shape index (κ3) is 6.86. The van der Waals surface area contributed by atoms with Crippen molar-refractivity contribution in [3.05, 3.63) is 69.7 Å². The van der Waals surface area contributed by atoms with Crippen molar-refractivity contribution in [1.29, 1.82) is 0 Å². The summed E-state index contributed by atoms with van der Waals surface area (Å²) in [6, 6.07) is 13.4. The molecule has 0 N–H and O–H groups in total. The van der Waals surface area contributed by atoms with Crippen molar-refractivity contribution in [1.82, 2.24) is 9.80 Å². The van der Waals surface area contributed by atoms with E-state index in [0.717, 1.165) is 66.9 Å². The zero-order chi connectivity index (χ0) is 25.6. The molecular formula is C27H34BrF3N2O2. The summed E-state index contributed by atoms with van der Waals surface area (Å²) < 4.78 is 44.5. The van der Waals surface area contributed by atoms with Crippen molar-refractivity contribution in [3.63, 3.8) is 0 Å². The molecular weight excluding hydrogens is 521 g/mol. The predicted molar refractivity (Wildman–Crippen MR) is 135 cm³/mol. The summed E-state index contributed by atoms with van der Waals surface area (Å²) in [7, 11) is 1.45. The number of carbonyl (C=O) groups is 1. The van der Waals surface area contributed by atoms with E-state index in [2.05, 4.69) is 39.6 Å². The first kappa shape index (κ1) is 27.7. The maximum atomic E-state index is 13.0. The van der Waals surface area contributed by atoms with E-state index in [1.54, 1.807) is 12.1 Å². The Hall–Kier alpha value is -1.90. The number of benzene rings is 2. The van der Waals surface area contributed by atoms with Crippen molar-refractivity contribution in [2.75, 3.05) is 39.8 Å². The minimum Gasteiger partial charge on any atom is -0.468 e. The molecule has 0 aliphatic carbocycles. The predicted octanol–water partition coefficient (Wildman–Crippen LogP) is 6.13. The van der Waals surface area contributed by atoms with Gasteiger partial charge in [-0.1, -0.05) is 54.0 Å². The van der Waals surface area contributed by atoms with Gasteiger partial charge in [-0.05, 0) is 60.7 Å². The van der Waals surface area contributed by atoms with Crippen LogP contribution in [0.15, 0.2) is 53.0 Å². The quantitative estimate of drug-likeness (QED) is 0.349. The average Bonchev–Trinajstić information content (AvgIpc) is 2.82. The van der Waals surface area contributed by atoms with Gasteiger partial charge in [0.2, 0.25) is 0 Å². The lowest BCUT2D eigenvalue weighted by atomic mass is 9.68. The number of rotatable bonds is 9. The van der Waals surface area contributed by atoms with Crippen molar-refractivity contribution in [3.8, 4) is 0 Å². The Balaban J connectivity index is 1.55. The molecule has 1 unspecified atom stereocenters. The molecule has 0 aromatic heterocycles. The molecule has 3 rings (SSSR count). The Morgan fingerprint density at radius 2 is 1.63 bits per heavy atom. The minimum absolute atomic E-state index is 0.0739. The molecule has 0 amide bonds. The number of ether oxygens (including phenoxy) is 1. The van der Waals surface area contributed by atoms with Crippen molar-refractivity contribution < 1.29 is 22.7 Å². The highest BCUT2D eigenvalue weighted by atomic mass is 79.9. The highest BCUT2D eigenvalue weighted by molar-refractivity contribution is 9.10. The summed E-state index contributed by atoms with van der Waals surface area (Å²) in [6.45, 7) is 9.17. The monoisotopic (exact) mass is 554 g/mol. The average molecular weight is 555 g/mol. The van der Waals surface area contributed by atoms with Crippen LogP contribution in [0, 0.1) is 5.92 Å². The number of nitrogens with zero attached hydrogens (tertiary/aromatic N) is 2. The lowest BCUT2D eigenvalue weighted by Gasteiger charge is -2.38. The number of halogens is 4. The van der Waals surface area contributed by atoms with Crippen LogP contribution in [0.4, 0.5) is 13.2 Å². The van der Waals surface area contributed by atoms with E-state index in [9.17, 15) is 18.0 Å². The highest BCUT2D eigenvalue weighted by Crippen LogP contribution is 2.39. The third-order valence-electron chi connectivity index (χ3n) is 7.07. The van der Waals surface area contributed by atoms with Crippen LogP contribution < -0.4 is 0 Å². The smallest absolute Gasteiger partial charge is 0.416 e. The number of alkyl halides is 3. The number of esters is 1. The SMILES string of the molecule is COC(=O)C(CCCN1CCN(Cc2ccc(C(F)(F)F)cc2)CC1)(c1cccc(Br)c1)C(C)C. The second-order valence-electron chi connectivity index (χ2n) is 9.54. The molecule has 1 atom stereocenters. The molecule has 1 heterocycles. The van der Waals surface area contributed by atoms with E-state index in [0.29, 0.717) is 13.0 Å². The maximum absolute atomic E-state index is 13.0. The van der Waals surface area contributed by atoms with Gasteiger partial charge in [-0.15, -0.1) is 0 Å². The normalized spacial score (nSPS) is 17.4. The van der Waals surface area contributed by atoms with E-state index >= 15 is 0 Å². The first-order valence-electron chi connectivity index (χ1n) is 12.0. The Bertz CT molecular complexity index is 973. The van der Waals surface area contributed by atoms with Crippen LogP contribution in [0.5, 0.6) is 0 Å². The summed E-state index contributed by atoms with van der Waals surface area (Å²) in [6.07, 6.45) is -2.75. The van der Waals surface area contributed by atoms with Crippen LogP contribution in [-0.4, -0.2) is 55.6 Å². The molecule has 1 aliphatic heterocycles. The fourth-order valence-corrected chi connectivity index (χ4v) is 5.38. The van der Waals surface area contributed by atoms with Gasteiger partial charge < -0.3 is 9.64 Å². The Kier molecular flexibility index (Phi) is 9.40. The summed E-state index contributed by atoms with van der Waals surface area (Å²) in [4.78, 5) is 17.7. The van der Waals surface area contributed by atoms with Gasteiger partial charge in [-0.25, -0.2) is 0 Å². The first-order chi connectivity index (χ1) is 16.6. The summed E-state index contributed by atoms with van der Waals surface area (Å²) in [5, 5.41) is 0. The van der Waals surface area contributed by atoms with Crippen LogP contribution >= 0.6 is 15.9 Å². The van der Waals surface area contributed by atoms with Crippen LogP contribution in [-0.2, 0) is 27.7 Å². The molecule has 0 radical (unpaired) electrons. The third-order valence-corrected chi connectivity index (χ3v) is 7.57. The number of hydrogen-bond donors (Lipinski definition) is 0. The topological polar surface area (TPSA) is 32.8 Å². The van der Waals surface area contributed by atoms with Crippen LogP contribution in [0.3, 0.4) is 0 Å². The molecule has 2 aromatic carbocycles. The molecule has 4 nitrogen and oxygen atoms in total. The number of carbonyl (C=O) groups excluding carboxylic acids is 1. The standard InChI is InChI=1S/C27H34BrF3N2O2/c1-20(2)26(25(34)35-3,23-6-4-7-24(28)18-23)12-5-13-32-14-16-33(17-15-32)19-21-8-10-22(11-9-21)27(29,30)31/h4,6-11,18,20H,5,12-17,19H2,1-3H3. The van der Waals surface area contributed by atoms with E-state index in [1.807, 2.05) is 24.3 Å². The van der Waals surface area contributed by atoms with Crippen LogP contribution in [0.25, 0.3) is 0 Å². The Labute approximate surface area is 214 Å². The molecule has 0 bridgehead atoms. The van der Waals surface area contributed by atoms with Crippen LogP contribution in [0.2, 0.25) is 0 Å². The second kappa shape index (κ2) is 11.9. The highest BCUT2D eigenvalue weighted by Gasteiger charge is 2.44. The molecule has 1 aliphatic rings. The second-order valence-corrected chi connectivity index (χ2v) is 10.5. The first-order valence-corrected chi connectivity index (χ1v) is 12.8. The molecule has 1 fully saturated rings. The number of methoxy groups -OCH3 is 1. The Morgan fingerprint density at radius 1 is 1.00 bits per heavy atom. The fraction of sp³-hybridized carbons (Fsp3) is 0.519. The van der Waals surface area contributed by atoms with Gasteiger partial charge in [-0.3, -0.25) is 9.69 Å². The maximum Gasteiger partial charge on any atom is 0.416 e. The van der Waals surface area contributed by atoms with Crippen LogP contribution in [0.1, 0.15) is 43.4 Å². The number of hydrogen-bond acceptors (Lipinski definition) is 4. The van der Waals surface area contributed by atoms with Gasteiger partial charge in [0.15, 0.2) is 0 Å². The van der Waals surface area contributed by atoms with Gasteiger partial charge in [0.1, 0.15) is 0 Å². The molecule has 2 aromatic rings. The van der Waals surface area contributed by atoms with Gasteiger partial charge in [0.25, 0.3) is 0 Å². The van der Waals surface area contributed by atoms with Crippen molar-refractivity contribution >= 4 is 21.9 Å². The molecule has 8 heteroatoms. The molecule has 0 spiro atoms. The number of piperazine rings is 1. The zero-order valence-electron chi connectivity index (χ0n) is 20.6. The Morgan fingerprint density at radius 3 is 2.17 bits per heavy atom. The van der Waals surface area contributed by atoms with Gasteiger partial charge in [-0.2, -0.15) is 13.2 Å². The molecule has 1 saturated heterocycles. The van der Waals surface area contributed by atoms with E-state index in [-0.39, 0.29) is 11.9 Å². The molecule has 35 heavy (non-hydrogen) atoms. The van der Waals surface area contributed by atoms with E-state index < -0.39 is 17.2 Å². The lowest BCUT2D eigenvalue weighted by Crippen LogP contribution is -2.47. The molecule has 0 saturated carbocycles. The van der Waals surface area contributed by atoms with Crippen molar-refractivity contribution in [2.45, 2.75) is 44.8 Å². The summed E-state index contributed by atoms with van der Waals surface area (Å²) in [5.74, 6) is -0.128. The lowest BCUT2D eigenvalue weighted by molar-refractivity contribution is -0.150. The largest absolute Gasteiger partial charge is 0.468 e.